The first-order chi connectivity index (χ1) is 9.07. The van der Waals surface area contributed by atoms with E-state index >= 15 is 0 Å². The highest BCUT2D eigenvalue weighted by Crippen LogP contribution is 2.36. The van der Waals surface area contributed by atoms with Crippen LogP contribution in [-0.4, -0.2) is 21.9 Å². The summed E-state index contributed by atoms with van der Waals surface area (Å²) in [6.07, 6.45) is -5.25. The van der Waals surface area contributed by atoms with E-state index in [9.17, 15) is 30.5 Å². The van der Waals surface area contributed by atoms with Crippen LogP contribution in [0.5, 0.6) is 5.75 Å². The molecule has 0 aromatic heterocycles. The lowest BCUT2D eigenvalue weighted by atomic mass is 10.3. The molecule has 0 saturated carbocycles. The zero-order valence-corrected chi connectivity index (χ0v) is 11.3. The molecule has 112 valence electrons. The van der Waals surface area contributed by atoms with Crippen LogP contribution in [0.25, 0.3) is 0 Å². The van der Waals surface area contributed by atoms with Crippen molar-refractivity contribution in [1.29, 1.82) is 0 Å². The van der Waals surface area contributed by atoms with E-state index in [1.807, 2.05) is 0 Å². The van der Waals surface area contributed by atoms with Crippen LogP contribution in [0.1, 0.15) is 0 Å². The summed E-state index contributed by atoms with van der Waals surface area (Å²) in [5.74, 6) is -2.91. The number of halogens is 4. The lowest BCUT2D eigenvalue weighted by Gasteiger charge is -2.11. The van der Waals surface area contributed by atoms with Crippen molar-refractivity contribution in [2.45, 2.75) is 11.3 Å². The van der Waals surface area contributed by atoms with Crippen molar-refractivity contribution in [3.63, 3.8) is 0 Å². The molecule has 1 atom stereocenters. The second-order valence-electron chi connectivity index (χ2n) is 3.05. The summed E-state index contributed by atoms with van der Waals surface area (Å²) in [4.78, 5) is -1.53. The monoisotopic (exact) mass is 337 g/mol. The standard InChI is InChI=1S/C8H6F4O6PS/c1-16-19(13)18-20(14,15)7-5(9)3-2-4-6(7)17-8(10,11)12/h2-4H,1H3/q+1. The molecule has 0 N–H and O–H groups in total. The van der Waals surface area contributed by atoms with E-state index in [-0.39, 0.29) is 0 Å². The van der Waals surface area contributed by atoms with Crippen molar-refractivity contribution in [3.05, 3.63) is 24.0 Å². The molecule has 0 radical (unpaired) electrons. The minimum atomic E-state index is -5.25. The highest BCUT2D eigenvalue weighted by molar-refractivity contribution is 7.89. The topological polar surface area (TPSA) is 78.9 Å². The molecule has 0 spiro atoms. The van der Waals surface area contributed by atoms with Crippen LogP contribution in [-0.2, 0) is 23.2 Å². The van der Waals surface area contributed by atoms with E-state index in [2.05, 4.69) is 13.2 Å². The molecule has 0 amide bonds. The number of hydrogen-bond donors (Lipinski definition) is 0. The fourth-order valence-electron chi connectivity index (χ4n) is 1.08. The highest BCUT2D eigenvalue weighted by Gasteiger charge is 2.40. The number of alkyl halides is 3. The molecule has 0 aliphatic carbocycles. The molecule has 0 aliphatic rings. The second-order valence-corrected chi connectivity index (χ2v) is 5.77. The van der Waals surface area contributed by atoms with Gasteiger partial charge in [0.25, 0.3) is 0 Å². The van der Waals surface area contributed by atoms with E-state index < -0.39 is 41.2 Å². The maximum atomic E-state index is 13.4. The molecular formula is C8H6F4O6PS+. The van der Waals surface area contributed by atoms with Gasteiger partial charge in [0.05, 0.1) is 7.11 Å². The zero-order valence-electron chi connectivity index (χ0n) is 9.55. The van der Waals surface area contributed by atoms with E-state index in [0.717, 1.165) is 13.2 Å². The van der Waals surface area contributed by atoms with E-state index in [0.29, 0.717) is 12.1 Å². The van der Waals surface area contributed by atoms with Gasteiger partial charge in [-0.05, 0) is 12.1 Å². The quantitative estimate of drug-likeness (QED) is 0.607. The Kier molecular flexibility index (Phi) is 5.03. The molecule has 0 heterocycles. The van der Waals surface area contributed by atoms with Gasteiger partial charge in [0.2, 0.25) is 0 Å². The predicted octanol–water partition coefficient (Wildman–Crippen LogP) is 2.73. The van der Waals surface area contributed by atoms with Crippen LogP contribution >= 0.6 is 8.25 Å². The Bertz CT molecular complexity index is 614. The van der Waals surface area contributed by atoms with Gasteiger partial charge in [-0.2, -0.15) is 8.42 Å². The Morgan fingerprint density at radius 3 is 2.35 bits per heavy atom. The van der Waals surface area contributed by atoms with Crippen molar-refractivity contribution >= 4 is 18.4 Å². The molecule has 20 heavy (non-hydrogen) atoms. The molecule has 6 nitrogen and oxygen atoms in total. The largest absolute Gasteiger partial charge is 0.714 e. The van der Waals surface area contributed by atoms with Crippen molar-refractivity contribution in [2.24, 2.45) is 0 Å². The van der Waals surface area contributed by atoms with Gasteiger partial charge < -0.3 is 4.74 Å². The normalized spacial score (nSPS) is 13.2. The zero-order chi connectivity index (χ0) is 15.6. The van der Waals surface area contributed by atoms with Crippen molar-refractivity contribution in [1.82, 2.24) is 0 Å². The van der Waals surface area contributed by atoms with Crippen molar-refractivity contribution < 1.29 is 43.8 Å². The van der Waals surface area contributed by atoms with E-state index in [1.54, 1.807) is 0 Å². The van der Waals surface area contributed by atoms with Crippen LogP contribution in [0, 0.1) is 5.82 Å². The third-order valence-electron chi connectivity index (χ3n) is 1.71. The molecule has 0 saturated heterocycles. The first-order valence-corrected chi connectivity index (χ1v) is 7.07. The third-order valence-corrected chi connectivity index (χ3v) is 4.18. The first-order valence-electron chi connectivity index (χ1n) is 4.57. The summed E-state index contributed by atoms with van der Waals surface area (Å²) in [6, 6.07) is 1.93. The molecule has 1 unspecified atom stereocenters. The fourth-order valence-corrected chi connectivity index (χ4v) is 2.93. The summed E-state index contributed by atoms with van der Waals surface area (Å²) in [5, 5.41) is 0. The number of benzene rings is 1. The van der Waals surface area contributed by atoms with Crippen LogP contribution in [0.2, 0.25) is 0 Å². The van der Waals surface area contributed by atoms with Gasteiger partial charge in [0, 0.05) is 8.54 Å². The van der Waals surface area contributed by atoms with Crippen LogP contribution < -0.4 is 4.74 Å². The van der Waals surface area contributed by atoms with Gasteiger partial charge in [-0.25, -0.2) is 4.39 Å². The highest BCUT2D eigenvalue weighted by atomic mass is 32.2. The van der Waals surface area contributed by atoms with E-state index in [1.165, 1.54) is 0 Å². The van der Waals surface area contributed by atoms with Crippen molar-refractivity contribution in [2.75, 3.05) is 7.11 Å². The minimum absolute atomic E-state index is 0.562. The van der Waals surface area contributed by atoms with Crippen LogP contribution in [0.15, 0.2) is 23.1 Å². The average molecular weight is 337 g/mol. The molecule has 0 aliphatic heterocycles. The minimum Gasteiger partial charge on any atom is -0.404 e. The van der Waals surface area contributed by atoms with Gasteiger partial charge >= 0.3 is 24.7 Å². The van der Waals surface area contributed by atoms with Crippen LogP contribution in [0.3, 0.4) is 0 Å². The lowest BCUT2D eigenvalue weighted by molar-refractivity contribution is -0.275. The molecule has 1 rings (SSSR count). The summed E-state index contributed by atoms with van der Waals surface area (Å²) < 4.78 is 95.0. The second kappa shape index (κ2) is 6.00. The molecular weight excluding hydrogens is 331 g/mol. The summed E-state index contributed by atoms with van der Waals surface area (Å²) >= 11 is 0. The van der Waals surface area contributed by atoms with Gasteiger partial charge in [0.1, 0.15) is 5.82 Å². The average Bonchev–Trinajstić information content (AvgIpc) is 2.25. The number of hydrogen-bond acceptors (Lipinski definition) is 6. The Morgan fingerprint density at radius 1 is 1.25 bits per heavy atom. The van der Waals surface area contributed by atoms with Gasteiger partial charge in [-0.3, -0.25) is 0 Å². The molecule has 12 heteroatoms. The molecule has 1 aromatic rings. The number of ether oxygens (including phenoxy) is 1. The van der Waals surface area contributed by atoms with Gasteiger partial charge in [0.15, 0.2) is 10.6 Å². The van der Waals surface area contributed by atoms with Gasteiger partial charge in [-0.15, -0.1) is 17.7 Å². The Labute approximate surface area is 111 Å². The summed E-state index contributed by atoms with van der Waals surface area (Å²) in [6.45, 7) is 0. The Morgan fingerprint density at radius 2 is 1.85 bits per heavy atom. The first kappa shape index (κ1) is 16.8. The van der Waals surface area contributed by atoms with E-state index in [4.69, 9.17) is 0 Å². The summed E-state index contributed by atoms with van der Waals surface area (Å²) in [7, 11) is -7.48. The molecule has 0 fully saturated rings. The predicted molar refractivity (Wildman–Crippen MR) is 56.0 cm³/mol. The smallest absolute Gasteiger partial charge is 0.404 e. The van der Waals surface area contributed by atoms with Crippen LogP contribution in [0.4, 0.5) is 17.6 Å². The Hall–Kier alpha value is -1.29. The maximum absolute atomic E-state index is 13.4. The fraction of sp³-hybridized carbons (Fsp3) is 0.250. The number of rotatable bonds is 5. The SMILES string of the molecule is CO[P+](=O)OS(=O)(=O)c1c(F)cccc1OC(F)(F)F. The van der Waals surface area contributed by atoms with Gasteiger partial charge in [-0.1, -0.05) is 6.07 Å². The third kappa shape index (κ3) is 4.37. The molecule has 0 bridgehead atoms. The summed E-state index contributed by atoms with van der Waals surface area (Å²) in [5.41, 5.74) is 0. The van der Waals surface area contributed by atoms with Crippen molar-refractivity contribution in [3.8, 4) is 5.75 Å². The Balaban J connectivity index is 3.32. The molecule has 1 aromatic carbocycles. The lowest BCUT2D eigenvalue weighted by Crippen LogP contribution is -2.19. The maximum Gasteiger partial charge on any atom is 0.714 e.